The number of carbonyl (C=O) groups excluding carboxylic acids is 1. The van der Waals surface area contributed by atoms with Gasteiger partial charge in [-0.05, 0) is 49.9 Å². The first kappa shape index (κ1) is 16.4. The molecule has 1 heterocycles. The van der Waals surface area contributed by atoms with Gasteiger partial charge in [0, 0.05) is 25.8 Å². The van der Waals surface area contributed by atoms with Crippen LogP contribution in [0.25, 0.3) is 0 Å². The molecule has 1 aromatic carbocycles. The molecule has 0 saturated heterocycles. The number of nitrogens with one attached hydrogen (secondary N) is 1. The number of fused-ring (bicyclic) bond motifs is 1. The molecule has 1 aliphatic heterocycles. The first-order valence-corrected chi connectivity index (χ1v) is 9.34. The van der Waals surface area contributed by atoms with Crippen LogP contribution in [0.4, 0.5) is 5.69 Å². The monoisotopic (exact) mass is 338 g/mol. The Morgan fingerprint density at radius 2 is 2.17 bits per heavy atom. The normalized spacial score (nSPS) is 23.5. The van der Waals surface area contributed by atoms with Crippen LogP contribution in [0.15, 0.2) is 23.1 Å². The van der Waals surface area contributed by atoms with Gasteiger partial charge >= 0.3 is 0 Å². The average Bonchev–Trinajstić information content (AvgIpc) is 2.95. The van der Waals surface area contributed by atoms with Crippen LogP contribution in [-0.2, 0) is 26.0 Å². The van der Waals surface area contributed by atoms with E-state index in [1.165, 1.54) is 7.05 Å². The summed E-state index contributed by atoms with van der Waals surface area (Å²) in [6.07, 6.45) is 3.42. The molecule has 1 N–H and O–H groups in total. The third kappa shape index (κ3) is 3.00. The lowest BCUT2D eigenvalue weighted by atomic mass is 9.79. The molecule has 1 aromatic rings. The lowest BCUT2D eigenvalue weighted by Gasteiger charge is -2.35. The van der Waals surface area contributed by atoms with Crippen molar-refractivity contribution in [2.75, 3.05) is 25.6 Å². The lowest BCUT2D eigenvalue weighted by Crippen LogP contribution is -2.39. The van der Waals surface area contributed by atoms with Crippen LogP contribution < -0.4 is 9.62 Å². The minimum Gasteiger partial charge on any atom is -0.381 e. The Balaban J connectivity index is 1.80. The van der Waals surface area contributed by atoms with Gasteiger partial charge in [-0.2, -0.15) is 0 Å². The molecule has 1 fully saturated rings. The zero-order chi connectivity index (χ0) is 16.6. The van der Waals surface area contributed by atoms with E-state index >= 15 is 0 Å². The van der Waals surface area contributed by atoms with Crippen molar-refractivity contribution in [1.82, 2.24) is 4.72 Å². The topological polar surface area (TPSA) is 75.7 Å². The molecule has 7 heteroatoms. The third-order valence-corrected chi connectivity index (χ3v) is 6.33. The molecule has 0 radical (unpaired) electrons. The molecule has 2 aliphatic rings. The molecule has 0 bridgehead atoms. The molecular weight excluding hydrogens is 316 g/mol. The van der Waals surface area contributed by atoms with Crippen molar-refractivity contribution < 1.29 is 17.9 Å². The first-order chi connectivity index (χ1) is 11.0. The summed E-state index contributed by atoms with van der Waals surface area (Å²) in [5.41, 5.74) is 1.74. The number of rotatable bonds is 5. The Kier molecular flexibility index (Phi) is 4.44. The zero-order valence-electron chi connectivity index (χ0n) is 13.4. The number of nitrogens with zero attached hydrogens (tertiary/aromatic N) is 1. The summed E-state index contributed by atoms with van der Waals surface area (Å²) in [6.45, 7) is 0.613. The highest BCUT2D eigenvalue weighted by atomic mass is 32.2. The van der Waals surface area contributed by atoms with Crippen molar-refractivity contribution in [3.8, 4) is 0 Å². The summed E-state index contributed by atoms with van der Waals surface area (Å²) < 4.78 is 31.6. The van der Waals surface area contributed by atoms with Crippen molar-refractivity contribution in [3.63, 3.8) is 0 Å². The molecule has 0 aromatic heterocycles. The second-order valence-corrected chi connectivity index (χ2v) is 8.00. The van der Waals surface area contributed by atoms with E-state index in [1.54, 1.807) is 30.2 Å². The van der Waals surface area contributed by atoms with Crippen LogP contribution in [0.2, 0.25) is 0 Å². The highest BCUT2D eigenvalue weighted by Gasteiger charge is 2.35. The van der Waals surface area contributed by atoms with E-state index in [1.807, 2.05) is 0 Å². The number of methoxy groups -OCH3 is 1. The van der Waals surface area contributed by atoms with Crippen LogP contribution in [0.5, 0.6) is 0 Å². The van der Waals surface area contributed by atoms with Crippen LogP contribution in [0.3, 0.4) is 0 Å². The maximum atomic E-state index is 12.6. The summed E-state index contributed by atoms with van der Waals surface area (Å²) in [5, 5.41) is 0. The zero-order valence-corrected chi connectivity index (χ0v) is 14.2. The van der Waals surface area contributed by atoms with Crippen LogP contribution in [-0.4, -0.2) is 41.1 Å². The van der Waals surface area contributed by atoms with Gasteiger partial charge in [-0.25, -0.2) is 13.1 Å². The summed E-state index contributed by atoms with van der Waals surface area (Å²) in [6, 6.07) is 4.99. The van der Waals surface area contributed by atoms with Gasteiger partial charge < -0.3 is 9.64 Å². The van der Waals surface area contributed by atoms with Crippen molar-refractivity contribution >= 4 is 21.6 Å². The van der Waals surface area contributed by atoms with Gasteiger partial charge in [-0.3, -0.25) is 4.79 Å². The first-order valence-electron chi connectivity index (χ1n) is 7.86. The van der Waals surface area contributed by atoms with Crippen LogP contribution in [0.1, 0.15) is 24.8 Å². The van der Waals surface area contributed by atoms with E-state index in [0.717, 1.165) is 30.5 Å². The van der Waals surface area contributed by atoms with E-state index in [0.29, 0.717) is 13.0 Å². The Morgan fingerprint density at radius 1 is 1.39 bits per heavy atom. The molecule has 23 heavy (non-hydrogen) atoms. The second kappa shape index (κ2) is 6.22. The summed E-state index contributed by atoms with van der Waals surface area (Å²) >= 11 is 0. The van der Waals surface area contributed by atoms with Gasteiger partial charge in [0.05, 0.1) is 11.0 Å². The van der Waals surface area contributed by atoms with E-state index in [4.69, 9.17) is 4.74 Å². The molecule has 1 aliphatic carbocycles. The van der Waals surface area contributed by atoms with E-state index in [9.17, 15) is 13.2 Å². The SMILES string of the molecule is CNS(=O)(=O)c1ccc2c(c1)N(C(=O)CC1CCC1OC)CC2. The fraction of sp³-hybridized carbons (Fsp3) is 0.562. The average molecular weight is 338 g/mol. The predicted octanol–water partition coefficient (Wildman–Crippen LogP) is 1.30. The molecule has 1 saturated carbocycles. The smallest absolute Gasteiger partial charge is 0.240 e. The predicted molar refractivity (Wildman–Crippen MR) is 86.9 cm³/mol. The van der Waals surface area contributed by atoms with Gasteiger partial charge in [0.25, 0.3) is 0 Å². The number of ether oxygens (including phenoxy) is 1. The van der Waals surface area contributed by atoms with Crippen LogP contribution >= 0.6 is 0 Å². The standard InChI is InChI=1S/C16H22N2O4S/c1-17-23(20,21)13-5-3-11-7-8-18(14(11)10-13)16(19)9-12-4-6-15(12)22-2/h3,5,10,12,15,17H,4,6-9H2,1-2H3. The molecule has 2 unspecified atom stereocenters. The number of benzene rings is 1. The maximum Gasteiger partial charge on any atom is 0.240 e. The van der Waals surface area contributed by atoms with Crippen molar-refractivity contribution in [1.29, 1.82) is 0 Å². The molecule has 1 amide bonds. The van der Waals surface area contributed by atoms with Gasteiger partial charge in [0.15, 0.2) is 0 Å². The minimum atomic E-state index is -3.51. The number of anilines is 1. The second-order valence-electron chi connectivity index (χ2n) is 6.11. The van der Waals surface area contributed by atoms with Gasteiger partial charge in [0.1, 0.15) is 0 Å². The number of hydrogen-bond acceptors (Lipinski definition) is 4. The Morgan fingerprint density at radius 3 is 2.78 bits per heavy atom. The number of sulfonamides is 1. The van der Waals surface area contributed by atoms with E-state index < -0.39 is 10.0 Å². The summed E-state index contributed by atoms with van der Waals surface area (Å²) in [4.78, 5) is 14.5. The van der Waals surface area contributed by atoms with Gasteiger partial charge in [0.2, 0.25) is 15.9 Å². The van der Waals surface area contributed by atoms with Crippen molar-refractivity contribution in [2.24, 2.45) is 5.92 Å². The summed E-state index contributed by atoms with van der Waals surface area (Å²) in [7, 11) is -0.442. The lowest BCUT2D eigenvalue weighted by molar-refractivity contribution is -0.122. The quantitative estimate of drug-likeness (QED) is 0.878. The number of carbonyl (C=O) groups is 1. The third-order valence-electron chi connectivity index (χ3n) is 4.92. The van der Waals surface area contributed by atoms with E-state index in [2.05, 4.69) is 4.72 Å². The van der Waals surface area contributed by atoms with Gasteiger partial charge in [-0.15, -0.1) is 0 Å². The van der Waals surface area contributed by atoms with Crippen LogP contribution in [0, 0.1) is 5.92 Å². The minimum absolute atomic E-state index is 0.0505. The number of amides is 1. The van der Waals surface area contributed by atoms with Gasteiger partial charge in [-0.1, -0.05) is 6.07 Å². The Bertz CT molecular complexity index is 715. The highest BCUT2D eigenvalue weighted by molar-refractivity contribution is 7.89. The molecule has 3 rings (SSSR count). The fourth-order valence-electron chi connectivity index (χ4n) is 3.32. The largest absolute Gasteiger partial charge is 0.381 e. The molecular formula is C16H22N2O4S. The van der Waals surface area contributed by atoms with E-state index in [-0.39, 0.29) is 22.8 Å². The highest BCUT2D eigenvalue weighted by Crippen LogP contribution is 2.36. The van der Waals surface area contributed by atoms with Crippen molar-refractivity contribution in [3.05, 3.63) is 23.8 Å². The molecule has 0 spiro atoms. The maximum absolute atomic E-state index is 12.6. The Labute approximate surface area is 136 Å². The molecule has 2 atom stereocenters. The molecule has 6 nitrogen and oxygen atoms in total. The number of hydrogen-bond donors (Lipinski definition) is 1. The summed E-state index contributed by atoms with van der Waals surface area (Å²) in [5.74, 6) is 0.329. The fourth-order valence-corrected chi connectivity index (χ4v) is 4.07. The molecule has 126 valence electrons. The Hall–Kier alpha value is -1.44. The van der Waals surface area contributed by atoms with Crippen molar-refractivity contribution in [2.45, 2.75) is 36.7 Å².